The van der Waals surface area contributed by atoms with E-state index >= 15 is 0 Å². The first-order valence-corrected chi connectivity index (χ1v) is 8.13. The molecule has 1 aromatic rings. The van der Waals surface area contributed by atoms with Crippen molar-refractivity contribution >= 4 is 5.96 Å². The first kappa shape index (κ1) is 16.6. The van der Waals surface area contributed by atoms with E-state index in [1.54, 1.807) is 12.1 Å². The third kappa shape index (κ3) is 5.92. The van der Waals surface area contributed by atoms with Crippen LogP contribution in [0.25, 0.3) is 0 Å². The van der Waals surface area contributed by atoms with Crippen molar-refractivity contribution in [3.8, 4) is 5.75 Å². The largest absolute Gasteiger partial charge is 0.494 e. The molecule has 0 heterocycles. The van der Waals surface area contributed by atoms with Gasteiger partial charge in [-0.3, -0.25) is 4.99 Å². The predicted octanol–water partition coefficient (Wildman–Crippen LogP) is 3.09. The van der Waals surface area contributed by atoms with Gasteiger partial charge in [0.25, 0.3) is 0 Å². The number of benzene rings is 1. The molecule has 0 radical (unpaired) electrons. The highest BCUT2D eigenvalue weighted by atomic mass is 19.1. The molecule has 0 bridgehead atoms. The van der Waals surface area contributed by atoms with E-state index in [1.165, 1.54) is 37.8 Å². The summed E-state index contributed by atoms with van der Waals surface area (Å²) in [6, 6.07) is 6.71. The van der Waals surface area contributed by atoms with Gasteiger partial charge in [0.1, 0.15) is 11.6 Å². The van der Waals surface area contributed by atoms with Gasteiger partial charge in [0.05, 0.1) is 6.61 Å². The van der Waals surface area contributed by atoms with Crippen molar-refractivity contribution in [2.45, 2.75) is 44.6 Å². The second-order valence-corrected chi connectivity index (χ2v) is 5.63. The van der Waals surface area contributed by atoms with Crippen LogP contribution in [0.2, 0.25) is 0 Å². The summed E-state index contributed by atoms with van der Waals surface area (Å²) >= 11 is 0. The van der Waals surface area contributed by atoms with Crippen molar-refractivity contribution in [2.24, 2.45) is 4.99 Å². The quantitative estimate of drug-likeness (QED) is 0.462. The highest BCUT2D eigenvalue weighted by Gasteiger charge is 2.15. The van der Waals surface area contributed by atoms with Crippen molar-refractivity contribution in [3.05, 3.63) is 30.1 Å². The Morgan fingerprint density at radius 2 is 1.95 bits per heavy atom. The fourth-order valence-electron chi connectivity index (χ4n) is 2.61. The summed E-state index contributed by atoms with van der Waals surface area (Å²) in [6.07, 6.45) is 7.07. The molecular weight excluding hydrogens is 281 g/mol. The zero-order chi connectivity index (χ0) is 15.6. The van der Waals surface area contributed by atoms with Crippen LogP contribution >= 0.6 is 0 Å². The molecule has 1 saturated carbocycles. The molecule has 0 aromatic heterocycles. The standard InChI is InChI=1S/C17H26FN3O/c1-19-17(21-15-6-2-3-7-15)20-12-4-5-13-22-16-10-8-14(18)9-11-16/h8-11,15H,2-7,12-13H2,1H3,(H2,19,20,21). The van der Waals surface area contributed by atoms with E-state index in [0.717, 1.165) is 25.3 Å². The molecule has 0 saturated heterocycles. The maximum Gasteiger partial charge on any atom is 0.191 e. The lowest BCUT2D eigenvalue weighted by Crippen LogP contribution is -2.42. The average molecular weight is 307 g/mol. The van der Waals surface area contributed by atoms with E-state index in [-0.39, 0.29) is 5.82 Å². The fraction of sp³-hybridized carbons (Fsp3) is 0.588. The average Bonchev–Trinajstić information content (AvgIpc) is 3.04. The number of rotatable bonds is 7. The zero-order valence-corrected chi connectivity index (χ0v) is 13.3. The molecule has 1 aliphatic rings. The number of halogens is 1. The number of aliphatic imine (C=N–C) groups is 1. The van der Waals surface area contributed by atoms with Crippen molar-refractivity contribution in [2.75, 3.05) is 20.2 Å². The van der Waals surface area contributed by atoms with Crippen molar-refractivity contribution in [1.29, 1.82) is 0 Å². The predicted molar refractivity (Wildman–Crippen MR) is 87.9 cm³/mol. The van der Waals surface area contributed by atoms with Crippen molar-refractivity contribution in [1.82, 2.24) is 10.6 Å². The van der Waals surface area contributed by atoms with Crippen LogP contribution in [0.4, 0.5) is 4.39 Å². The summed E-state index contributed by atoms with van der Waals surface area (Å²) in [7, 11) is 1.81. The van der Waals surface area contributed by atoms with Crippen LogP contribution in [0.15, 0.2) is 29.3 Å². The Kier molecular flexibility index (Phi) is 7.00. The van der Waals surface area contributed by atoms with Crippen LogP contribution in [0.1, 0.15) is 38.5 Å². The van der Waals surface area contributed by atoms with Crippen molar-refractivity contribution < 1.29 is 9.13 Å². The highest BCUT2D eigenvalue weighted by Crippen LogP contribution is 2.17. The third-order valence-electron chi connectivity index (χ3n) is 3.87. The lowest BCUT2D eigenvalue weighted by Gasteiger charge is -2.16. The summed E-state index contributed by atoms with van der Waals surface area (Å²) in [5.41, 5.74) is 0. The second-order valence-electron chi connectivity index (χ2n) is 5.63. The van der Waals surface area contributed by atoms with Crippen LogP contribution in [0.5, 0.6) is 5.75 Å². The van der Waals surface area contributed by atoms with Gasteiger partial charge in [0.2, 0.25) is 0 Å². The van der Waals surface area contributed by atoms with E-state index in [1.807, 2.05) is 7.05 Å². The number of unbranched alkanes of at least 4 members (excludes halogenated alkanes) is 1. The van der Waals surface area contributed by atoms with E-state index < -0.39 is 0 Å². The summed E-state index contributed by atoms with van der Waals surface area (Å²) in [5.74, 6) is 1.37. The number of ether oxygens (including phenoxy) is 1. The molecule has 2 rings (SSSR count). The molecule has 1 aromatic carbocycles. The molecule has 0 amide bonds. The Bertz CT molecular complexity index is 455. The van der Waals surface area contributed by atoms with Gasteiger partial charge in [-0.05, 0) is 49.9 Å². The van der Waals surface area contributed by atoms with Gasteiger partial charge in [0.15, 0.2) is 5.96 Å². The van der Waals surface area contributed by atoms with Gasteiger partial charge in [0, 0.05) is 19.6 Å². The Balaban J connectivity index is 1.53. The van der Waals surface area contributed by atoms with Crippen molar-refractivity contribution in [3.63, 3.8) is 0 Å². The van der Waals surface area contributed by atoms with Gasteiger partial charge < -0.3 is 15.4 Å². The second kappa shape index (κ2) is 9.28. The Morgan fingerprint density at radius 3 is 2.64 bits per heavy atom. The molecule has 1 aliphatic carbocycles. The Morgan fingerprint density at radius 1 is 1.23 bits per heavy atom. The number of nitrogens with zero attached hydrogens (tertiary/aromatic N) is 1. The van der Waals surface area contributed by atoms with Crippen LogP contribution in [0.3, 0.4) is 0 Å². The van der Waals surface area contributed by atoms with Crippen LogP contribution in [-0.4, -0.2) is 32.2 Å². The normalized spacial score (nSPS) is 15.8. The summed E-state index contributed by atoms with van der Waals surface area (Å²) in [6.45, 7) is 1.52. The molecule has 0 atom stereocenters. The van der Waals surface area contributed by atoms with Gasteiger partial charge >= 0.3 is 0 Å². The molecule has 0 spiro atoms. The third-order valence-corrected chi connectivity index (χ3v) is 3.87. The highest BCUT2D eigenvalue weighted by molar-refractivity contribution is 5.79. The molecule has 4 nitrogen and oxygen atoms in total. The summed E-state index contributed by atoms with van der Waals surface area (Å²) < 4.78 is 18.3. The van der Waals surface area contributed by atoms with E-state index in [0.29, 0.717) is 18.4 Å². The van der Waals surface area contributed by atoms with Gasteiger partial charge in [-0.2, -0.15) is 0 Å². The zero-order valence-electron chi connectivity index (χ0n) is 13.3. The topological polar surface area (TPSA) is 45.7 Å². The minimum atomic E-state index is -0.238. The molecule has 122 valence electrons. The number of nitrogens with one attached hydrogen (secondary N) is 2. The smallest absolute Gasteiger partial charge is 0.191 e. The molecule has 0 aliphatic heterocycles. The first-order valence-electron chi connectivity index (χ1n) is 8.13. The van der Waals surface area contributed by atoms with E-state index in [9.17, 15) is 4.39 Å². The maximum atomic E-state index is 12.7. The summed E-state index contributed by atoms with van der Waals surface area (Å²) in [5, 5.41) is 6.80. The lowest BCUT2D eigenvalue weighted by atomic mass is 10.2. The minimum Gasteiger partial charge on any atom is -0.494 e. The summed E-state index contributed by atoms with van der Waals surface area (Å²) in [4.78, 5) is 4.25. The molecule has 2 N–H and O–H groups in total. The lowest BCUT2D eigenvalue weighted by molar-refractivity contribution is 0.306. The van der Waals surface area contributed by atoms with Crippen LogP contribution in [-0.2, 0) is 0 Å². The molecule has 1 fully saturated rings. The maximum absolute atomic E-state index is 12.7. The van der Waals surface area contributed by atoms with Gasteiger partial charge in [-0.15, -0.1) is 0 Å². The van der Waals surface area contributed by atoms with E-state index in [2.05, 4.69) is 15.6 Å². The Labute approximate surface area is 132 Å². The molecule has 22 heavy (non-hydrogen) atoms. The molecule has 5 heteroatoms. The van der Waals surface area contributed by atoms with Gasteiger partial charge in [-0.1, -0.05) is 12.8 Å². The monoisotopic (exact) mass is 307 g/mol. The fourth-order valence-corrected chi connectivity index (χ4v) is 2.61. The number of hydrogen-bond acceptors (Lipinski definition) is 2. The molecule has 0 unspecified atom stereocenters. The van der Waals surface area contributed by atoms with E-state index in [4.69, 9.17) is 4.74 Å². The van der Waals surface area contributed by atoms with Gasteiger partial charge in [-0.25, -0.2) is 4.39 Å². The van der Waals surface area contributed by atoms with Crippen LogP contribution < -0.4 is 15.4 Å². The number of guanidine groups is 1. The Hall–Kier alpha value is -1.78. The molecular formula is C17H26FN3O. The SMILES string of the molecule is CN=C(NCCCCOc1ccc(F)cc1)NC1CCCC1. The van der Waals surface area contributed by atoms with Crippen LogP contribution in [0, 0.1) is 5.82 Å². The number of hydrogen-bond donors (Lipinski definition) is 2. The first-order chi connectivity index (χ1) is 10.8. The minimum absolute atomic E-state index is 0.238.